The number of hydrogen-bond donors (Lipinski definition) is 3. The van der Waals surface area contributed by atoms with Gasteiger partial charge in [0.1, 0.15) is 0 Å². The third kappa shape index (κ3) is 4.93. The molecule has 0 fully saturated rings. The topological polar surface area (TPSA) is 61.4 Å². The zero-order valence-corrected chi connectivity index (χ0v) is 12.1. The molecule has 0 saturated carbocycles. The molecule has 0 atom stereocenters. The highest BCUT2D eigenvalue weighted by Gasteiger charge is 2.02. The summed E-state index contributed by atoms with van der Waals surface area (Å²) >= 11 is 0. The summed E-state index contributed by atoms with van der Waals surface area (Å²) in [5.74, 6) is -0.0648. The number of aliphatic hydroxyl groups excluding tert-OH is 1. The van der Waals surface area contributed by atoms with Crippen molar-refractivity contribution in [2.75, 3.05) is 11.9 Å². The molecule has 2 rings (SSSR count). The molecule has 1 amide bonds. The second kappa shape index (κ2) is 7.45. The quantitative estimate of drug-likeness (QED) is 0.762. The summed E-state index contributed by atoms with van der Waals surface area (Å²) in [6.07, 6.45) is 0. The van der Waals surface area contributed by atoms with Crippen molar-refractivity contribution in [1.82, 2.24) is 5.32 Å². The van der Waals surface area contributed by atoms with Crippen molar-refractivity contribution in [1.29, 1.82) is 0 Å². The SMILES string of the molecule is Cc1ccc(CNC(=O)CNc2cccc(CO)c2)cc1. The lowest BCUT2D eigenvalue weighted by Crippen LogP contribution is -2.29. The van der Waals surface area contributed by atoms with Gasteiger partial charge in [-0.1, -0.05) is 42.0 Å². The predicted octanol–water partition coefficient (Wildman–Crippen LogP) is 2.22. The van der Waals surface area contributed by atoms with Crippen LogP contribution in [-0.4, -0.2) is 17.6 Å². The smallest absolute Gasteiger partial charge is 0.239 e. The van der Waals surface area contributed by atoms with Crippen molar-refractivity contribution in [3.05, 3.63) is 65.2 Å². The van der Waals surface area contributed by atoms with Crippen molar-refractivity contribution < 1.29 is 9.90 Å². The van der Waals surface area contributed by atoms with Gasteiger partial charge in [-0.05, 0) is 30.2 Å². The fourth-order valence-electron chi connectivity index (χ4n) is 1.93. The van der Waals surface area contributed by atoms with Gasteiger partial charge in [-0.15, -0.1) is 0 Å². The minimum absolute atomic E-state index is 0.00482. The van der Waals surface area contributed by atoms with E-state index >= 15 is 0 Å². The van der Waals surface area contributed by atoms with Crippen LogP contribution in [0.25, 0.3) is 0 Å². The van der Waals surface area contributed by atoms with Gasteiger partial charge in [-0.3, -0.25) is 4.79 Å². The molecule has 2 aromatic rings. The van der Waals surface area contributed by atoms with Crippen LogP contribution in [0.1, 0.15) is 16.7 Å². The van der Waals surface area contributed by atoms with Crippen LogP contribution < -0.4 is 10.6 Å². The van der Waals surface area contributed by atoms with Crippen LogP contribution >= 0.6 is 0 Å². The van der Waals surface area contributed by atoms with Gasteiger partial charge in [-0.2, -0.15) is 0 Å². The molecule has 0 aliphatic rings. The number of benzene rings is 2. The van der Waals surface area contributed by atoms with Crippen LogP contribution in [0.3, 0.4) is 0 Å². The van der Waals surface area contributed by atoms with Crippen molar-refractivity contribution in [3.8, 4) is 0 Å². The fourth-order valence-corrected chi connectivity index (χ4v) is 1.93. The summed E-state index contributed by atoms with van der Waals surface area (Å²) < 4.78 is 0. The molecule has 3 N–H and O–H groups in total. The van der Waals surface area contributed by atoms with Gasteiger partial charge in [0.2, 0.25) is 5.91 Å². The Balaban J connectivity index is 1.78. The van der Waals surface area contributed by atoms with E-state index in [2.05, 4.69) is 10.6 Å². The third-order valence-electron chi connectivity index (χ3n) is 3.17. The van der Waals surface area contributed by atoms with E-state index in [0.29, 0.717) is 6.54 Å². The average Bonchev–Trinajstić information content (AvgIpc) is 2.52. The number of aliphatic hydroxyl groups is 1. The Hall–Kier alpha value is -2.33. The van der Waals surface area contributed by atoms with Crippen molar-refractivity contribution in [3.63, 3.8) is 0 Å². The molecule has 0 bridgehead atoms. The summed E-state index contributed by atoms with van der Waals surface area (Å²) in [4.78, 5) is 11.8. The van der Waals surface area contributed by atoms with Crippen LogP contribution in [-0.2, 0) is 17.9 Å². The Bertz CT molecular complexity index is 594. The molecular weight excluding hydrogens is 264 g/mol. The van der Waals surface area contributed by atoms with E-state index in [9.17, 15) is 4.79 Å². The lowest BCUT2D eigenvalue weighted by atomic mass is 10.1. The number of aryl methyl sites for hydroxylation is 1. The van der Waals surface area contributed by atoms with Crippen molar-refractivity contribution in [2.45, 2.75) is 20.1 Å². The van der Waals surface area contributed by atoms with Gasteiger partial charge in [0, 0.05) is 12.2 Å². The molecule has 0 aromatic heterocycles. The Kier molecular flexibility index (Phi) is 5.35. The Morgan fingerprint density at radius 2 is 1.86 bits per heavy atom. The van der Waals surface area contributed by atoms with Crippen LogP contribution in [0.15, 0.2) is 48.5 Å². The van der Waals surface area contributed by atoms with E-state index in [-0.39, 0.29) is 19.1 Å². The van der Waals surface area contributed by atoms with Crippen LogP contribution in [0.4, 0.5) is 5.69 Å². The normalized spacial score (nSPS) is 10.2. The second-order valence-electron chi connectivity index (χ2n) is 4.97. The largest absolute Gasteiger partial charge is 0.392 e. The highest BCUT2D eigenvalue weighted by Crippen LogP contribution is 2.10. The van der Waals surface area contributed by atoms with Gasteiger partial charge in [0.15, 0.2) is 0 Å². The van der Waals surface area contributed by atoms with E-state index in [1.807, 2.05) is 55.5 Å². The maximum atomic E-state index is 11.8. The lowest BCUT2D eigenvalue weighted by molar-refractivity contribution is -0.119. The molecule has 0 aliphatic carbocycles. The summed E-state index contributed by atoms with van der Waals surface area (Å²) in [6, 6.07) is 15.4. The third-order valence-corrected chi connectivity index (χ3v) is 3.17. The van der Waals surface area contributed by atoms with Gasteiger partial charge in [-0.25, -0.2) is 0 Å². The van der Waals surface area contributed by atoms with Crippen LogP contribution in [0, 0.1) is 6.92 Å². The number of carbonyl (C=O) groups is 1. The zero-order chi connectivity index (χ0) is 15.1. The molecule has 0 spiro atoms. The molecular formula is C17H20N2O2. The molecule has 2 aromatic carbocycles. The Morgan fingerprint density at radius 3 is 2.57 bits per heavy atom. The van der Waals surface area contributed by atoms with Crippen molar-refractivity contribution >= 4 is 11.6 Å². The zero-order valence-electron chi connectivity index (χ0n) is 12.1. The Labute approximate surface area is 124 Å². The first kappa shape index (κ1) is 15.1. The minimum Gasteiger partial charge on any atom is -0.392 e. The number of hydrogen-bond acceptors (Lipinski definition) is 3. The molecule has 0 radical (unpaired) electrons. The van der Waals surface area contributed by atoms with E-state index < -0.39 is 0 Å². The van der Waals surface area contributed by atoms with Crippen LogP contribution in [0.5, 0.6) is 0 Å². The van der Waals surface area contributed by atoms with Gasteiger partial charge < -0.3 is 15.7 Å². The molecule has 4 heteroatoms. The number of rotatable bonds is 6. The van der Waals surface area contributed by atoms with Crippen LogP contribution in [0.2, 0.25) is 0 Å². The molecule has 21 heavy (non-hydrogen) atoms. The standard InChI is InChI=1S/C17H20N2O2/c1-13-5-7-14(8-6-13)10-19-17(21)11-18-16-4-2-3-15(9-16)12-20/h2-9,18,20H,10-12H2,1H3,(H,19,21). The lowest BCUT2D eigenvalue weighted by Gasteiger charge is -2.09. The molecule has 4 nitrogen and oxygen atoms in total. The van der Waals surface area contributed by atoms with Gasteiger partial charge in [0.25, 0.3) is 0 Å². The Morgan fingerprint density at radius 1 is 1.10 bits per heavy atom. The van der Waals surface area contributed by atoms with E-state index in [4.69, 9.17) is 5.11 Å². The first-order chi connectivity index (χ1) is 10.2. The maximum absolute atomic E-state index is 11.8. The molecule has 0 saturated heterocycles. The number of amides is 1. The monoisotopic (exact) mass is 284 g/mol. The number of nitrogens with one attached hydrogen (secondary N) is 2. The van der Waals surface area contributed by atoms with Gasteiger partial charge in [0.05, 0.1) is 13.2 Å². The fraction of sp³-hybridized carbons (Fsp3) is 0.235. The van der Waals surface area contributed by atoms with Crippen molar-refractivity contribution in [2.24, 2.45) is 0 Å². The minimum atomic E-state index is -0.0648. The molecule has 0 heterocycles. The molecule has 0 unspecified atom stereocenters. The first-order valence-electron chi connectivity index (χ1n) is 6.93. The summed E-state index contributed by atoms with van der Waals surface area (Å²) in [5.41, 5.74) is 3.93. The number of carbonyl (C=O) groups excluding carboxylic acids is 1. The van der Waals surface area contributed by atoms with E-state index in [1.165, 1.54) is 5.56 Å². The van der Waals surface area contributed by atoms with Gasteiger partial charge >= 0.3 is 0 Å². The number of anilines is 1. The second-order valence-corrected chi connectivity index (χ2v) is 4.97. The maximum Gasteiger partial charge on any atom is 0.239 e. The highest BCUT2D eigenvalue weighted by atomic mass is 16.3. The highest BCUT2D eigenvalue weighted by molar-refractivity contribution is 5.80. The molecule has 110 valence electrons. The average molecular weight is 284 g/mol. The van der Waals surface area contributed by atoms with E-state index in [1.54, 1.807) is 0 Å². The predicted molar refractivity (Wildman–Crippen MR) is 83.9 cm³/mol. The first-order valence-corrected chi connectivity index (χ1v) is 6.93. The van der Waals surface area contributed by atoms with E-state index in [0.717, 1.165) is 16.8 Å². The molecule has 0 aliphatic heterocycles. The summed E-state index contributed by atoms with van der Waals surface area (Å²) in [7, 11) is 0. The summed E-state index contributed by atoms with van der Waals surface area (Å²) in [6.45, 7) is 2.76. The summed E-state index contributed by atoms with van der Waals surface area (Å²) in [5, 5.41) is 15.0.